The van der Waals surface area contributed by atoms with Crippen molar-refractivity contribution >= 4 is 33.0 Å². The van der Waals surface area contributed by atoms with Crippen LogP contribution < -0.4 is 10.2 Å². The topological polar surface area (TPSA) is 83.6 Å². The molecule has 1 atom stereocenters. The first-order valence-electron chi connectivity index (χ1n) is 9.91. The van der Waals surface area contributed by atoms with Crippen LogP contribution in [-0.2, 0) is 19.4 Å². The molecular weight excluding hydrogens is 412 g/mol. The van der Waals surface area contributed by atoms with Crippen molar-refractivity contribution in [3.8, 4) is 0 Å². The van der Waals surface area contributed by atoms with Gasteiger partial charge in [0, 0.05) is 12.1 Å². The van der Waals surface area contributed by atoms with Gasteiger partial charge in [0.15, 0.2) is 9.84 Å². The third-order valence-electron chi connectivity index (χ3n) is 5.27. The number of hydrogen-bond acceptors (Lipinski definition) is 4. The molecule has 0 fully saturated rings. The van der Waals surface area contributed by atoms with Crippen molar-refractivity contribution in [3.63, 3.8) is 0 Å². The number of para-hydroxylation sites is 1. The SMILES string of the molecule is Cc1cccc(NC(=O)CN2C(=O)C[C@@H](c3ccccc3)S(=O)(=O)c3ccccc32)c1. The molecule has 0 aliphatic carbocycles. The van der Waals surface area contributed by atoms with E-state index in [0.29, 0.717) is 11.3 Å². The van der Waals surface area contributed by atoms with Gasteiger partial charge in [-0.3, -0.25) is 9.59 Å². The number of aryl methyl sites for hydroxylation is 1. The molecule has 0 spiro atoms. The van der Waals surface area contributed by atoms with Gasteiger partial charge in [-0.1, -0.05) is 54.6 Å². The van der Waals surface area contributed by atoms with E-state index in [2.05, 4.69) is 5.32 Å². The molecule has 6 nitrogen and oxygen atoms in total. The van der Waals surface area contributed by atoms with Crippen LogP contribution in [0.15, 0.2) is 83.8 Å². The van der Waals surface area contributed by atoms with Crippen LogP contribution in [0.4, 0.5) is 11.4 Å². The van der Waals surface area contributed by atoms with Crippen LogP contribution >= 0.6 is 0 Å². The molecule has 0 aromatic heterocycles. The summed E-state index contributed by atoms with van der Waals surface area (Å²) in [6, 6.07) is 22.4. The van der Waals surface area contributed by atoms with Gasteiger partial charge in [-0.2, -0.15) is 0 Å². The Balaban J connectivity index is 1.69. The highest BCUT2D eigenvalue weighted by molar-refractivity contribution is 7.92. The van der Waals surface area contributed by atoms with E-state index < -0.39 is 26.9 Å². The molecule has 0 radical (unpaired) electrons. The maximum Gasteiger partial charge on any atom is 0.244 e. The summed E-state index contributed by atoms with van der Waals surface area (Å²) in [5.74, 6) is -0.814. The van der Waals surface area contributed by atoms with Gasteiger partial charge < -0.3 is 10.2 Å². The fraction of sp³-hybridized carbons (Fsp3) is 0.167. The second kappa shape index (κ2) is 8.35. The van der Waals surface area contributed by atoms with Gasteiger partial charge in [-0.15, -0.1) is 0 Å². The number of sulfone groups is 1. The fourth-order valence-electron chi connectivity index (χ4n) is 3.79. The number of anilines is 2. The highest BCUT2D eigenvalue weighted by Gasteiger charge is 2.39. The molecule has 1 aliphatic heterocycles. The summed E-state index contributed by atoms with van der Waals surface area (Å²) in [5.41, 5.74) is 2.39. The van der Waals surface area contributed by atoms with Gasteiger partial charge in [-0.05, 0) is 42.3 Å². The van der Waals surface area contributed by atoms with Crippen molar-refractivity contribution in [2.24, 2.45) is 0 Å². The Morgan fingerprint density at radius 3 is 2.45 bits per heavy atom. The summed E-state index contributed by atoms with van der Waals surface area (Å²) < 4.78 is 26.9. The van der Waals surface area contributed by atoms with Crippen LogP contribution in [0.2, 0.25) is 0 Å². The minimum absolute atomic E-state index is 0.0538. The van der Waals surface area contributed by atoms with E-state index in [-0.39, 0.29) is 23.5 Å². The van der Waals surface area contributed by atoms with E-state index in [0.717, 1.165) is 5.56 Å². The first-order valence-corrected chi connectivity index (χ1v) is 11.5. The van der Waals surface area contributed by atoms with Crippen LogP contribution in [0.1, 0.15) is 22.8 Å². The number of benzene rings is 3. The molecule has 3 aromatic carbocycles. The minimum Gasteiger partial charge on any atom is -0.325 e. The standard InChI is InChI=1S/C24H22N2O4S/c1-17-8-7-11-19(14-17)25-23(27)16-26-20-12-5-6-13-21(20)31(29,30)22(15-24(26)28)18-9-3-2-4-10-18/h2-14,22H,15-16H2,1H3,(H,25,27)/t22-/m0/s1. The number of hydrogen-bond donors (Lipinski definition) is 1. The maximum absolute atomic E-state index is 13.5. The normalized spacial score (nSPS) is 17.5. The summed E-state index contributed by atoms with van der Waals surface area (Å²) in [4.78, 5) is 27.2. The molecule has 0 bridgehead atoms. The molecule has 1 aliphatic rings. The molecule has 1 N–H and O–H groups in total. The number of nitrogens with zero attached hydrogens (tertiary/aromatic N) is 1. The van der Waals surface area contributed by atoms with Gasteiger partial charge in [0.25, 0.3) is 0 Å². The summed E-state index contributed by atoms with van der Waals surface area (Å²) >= 11 is 0. The lowest BCUT2D eigenvalue weighted by Gasteiger charge is -2.22. The van der Waals surface area contributed by atoms with Gasteiger partial charge in [0.05, 0.1) is 15.8 Å². The fourth-order valence-corrected chi connectivity index (χ4v) is 5.71. The molecule has 0 saturated carbocycles. The molecule has 0 saturated heterocycles. The Morgan fingerprint density at radius 2 is 1.71 bits per heavy atom. The lowest BCUT2D eigenvalue weighted by molar-refractivity contribution is -0.121. The number of amides is 2. The van der Waals surface area contributed by atoms with Crippen LogP contribution in [0.25, 0.3) is 0 Å². The average molecular weight is 435 g/mol. The second-order valence-electron chi connectivity index (χ2n) is 7.51. The quantitative estimate of drug-likeness (QED) is 0.675. The zero-order valence-electron chi connectivity index (χ0n) is 17.0. The Morgan fingerprint density at radius 1 is 1.00 bits per heavy atom. The van der Waals surface area contributed by atoms with Crippen LogP contribution in [0, 0.1) is 6.92 Å². The molecule has 0 unspecified atom stereocenters. The smallest absolute Gasteiger partial charge is 0.244 e. The summed E-state index contributed by atoms with van der Waals surface area (Å²) in [5, 5.41) is 1.78. The van der Waals surface area contributed by atoms with Crippen LogP contribution in [-0.4, -0.2) is 26.8 Å². The number of nitrogens with one attached hydrogen (secondary N) is 1. The maximum atomic E-state index is 13.5. The van der Waals surface area contributed by atoms with E-state index in [1.807, 2.05) is 25.1 Å². The Bertz CT molecular complexity index is 1240. The van der Waals surface area contributed by atoms with Gasteiger partial charge >= 0.3 is 0 Å². The number of fused-ring (bicyclic) bond motifs is 1. The molecule has 7 heteroatoms. The molecule has 4 rings (SSSR count). The van der Waals surface area contributed by atoms with Gasteiger partial charge in [-0.25, -0.2) is 8.42 Å². The second-order valence-corrected chi connectivity index (χ2v) is 9.61. The van der Waals surface area contributed by atoms with Gasteiger partial charge in [0.1, 0.15) is 6.54 Å². The van der Waals surface area contributed by atoms with E-state index in [4.69, 9.17) is 0 Å². The molecule has 158 valence electrons. The highest BCUT2D eigenvalue weighted by Crippen LogP contribution is 2.40. The molecule has 31 heavy (non-hydrogen) atoms. The summed E-state index contributed by atoms with van der Waals surface area (Å²) in [6.07, 6.45) is -0.237. The lowest BCUT2D eigenvalue weighted by Crippen LogP contribution is -2.38. The lowest BCUT2D eigenvalue weighted by atomic mass is 10.1. The van der Waals surface area contributed by atoms with Crippen molar-refractivity contribution in [3.05, 3.63) is 90.0 Å². The average Bonchev–Trinajstić information content (AvgIpc) is 2.83. The van der Waals surface area contributed by atoms with E-state index >= 15 is 0 Å². The van der Waals surface area contributed by atoms with Crippen LogP contribution in [0.5, 0.6) is 0 Å². The first-order chi connectivity index (χ1) is 14.9. The molecular formula is C24H22N2O4S. The predicted molar refractivity (Wildman–Crippen MR) is 120 cm³/mol. The van der Waals surface area contributed by atoms with Crippen molar-refractivity contribution in [1.29, 1.82) is 0 Å². The van der Waals surface area contributed by atoms with Gasteiger partial charge in [0.2, 0.25) is 11.8 Å². The van der Waals surface area contributed by atoms with Crippen molar-refractivity contribution in [1.82, 2.24) is 0 Å². The molecule has 1 heterocycles. The predicted octanol–water partition coefficient (Wildman–Crippen LogP) is 3.89. The third kappa shape index (κ3) is 4.22. The first kappa shape index (κ1) is 20.8. The Kier molecular flexibility index (Phi) is 5.61. The third-order valence-corrected chi connectivity index (χ3v) is 7.42. The molecule has 2 amide bonds. The zero-order chi connectivity index (χ0) is 22.0. The summed E-state index contributed by atoms with van der Waals surface area (Å²) in [6.45, 7) is 1.64. The van der Waals surface area contributed by atoms with Crippen molar-refractivity contribution < 1.29 is 18.0 Å². The van der Waals surface area contributed by atoms with E-state index in [9.17, 15) is 18.0 Å². The van der Waals surface area contributed by atoms with Crippen LogP contribution in [0.3, 0.4) is 0 Å². The number of carbonyl (C=O) groups excluding carboxylic acids is 2. The summed E-state index contributed by atoms with van der Waals surface area (Å²) in [7, 11) is -3.83. The number of carbonyl (C=O) groups is 2. The zero-order valence-corrected chi connectivity index (χ0v) is 17.8. The van der Waals surface area contributed by atoms with E-state index in [1.54, 1.807) is 54.6 Å². The van der Waals surface area contributed by atoms with Crippen molar-refractivity contribution in [2.75, 3.05) is 16.8 Å². The monoisotopic (exact) mass is 434 g/mol. The van der Waals surface area contributed by atoms with E-state index in [1.165, 1.54) is 11.0 Å². The largest absolute Gasteiger partial charge is 0.325 e. The molecule has 3 aromatic rings. The number of rotatable bonds is 4. The Labute approximate surface area is 181 Å². The minimum atomic E-state index is -3.83. The highest BCUT2D eigenvalue weighted by atomic mass is 32.2. The van der Waals surface area contributed by atoms with Crippen molar-refractivity contribution in [2.45, 2.75) is 23.5 Å². The Hall–Kier alpha value is -3.45.